The topological polar surface area (TPSA) is 69.3 Å². The highest BCUT2D eigenvalue weighted by atomic mass is 16.1. The molecule has 3 N–H and O–H groups in total. The molecule has 0 fully saturated rings. The molecule has 112 valence electrons. The highest BCUT2D eigenvalue weighted by Crippen LogP contribution is 2.01. The molecule has 20 heavy (non-hydrogen) atoms. The van der Waals surface area contributed by atoms with E-state index in [1.807, 2.05) is 6.07 Å². The van der Waals surface area contributed by atoms with E-state index in [-0.39, 0.29) is 5.91 Å². The summed E-state index contributed by atoms with van der Waals surface area (Å²) in [5.74, 6) is -0.0218. The number of rotatable bonds is 9. The number of amides is 1. The van der Waals surface area contributed by atoms with Gasteiger partial charge in [0.05, 0.1) is 12.2 Å². The summed E-state index contributed by atoms with van der Waals surface area (Å²) in [7, 11) is 5.75. The number of likely N-dealkylation sites (N-methyl/N-ethyl adjacent to an activating group) is 2. The van der Waals surface area contributed by atoms with Crippen molar-refractivity contribution in [3.8, 4) is 0 Å². The monoisotopic (exact) mass is 279 g/mol. The van der Waals surface area contributed by atoms with Gasteiger partial charge in [-0.15, -0.1) is 0 Å². The molecule has 0 radical (unpaired) electrons. The average molecular weight is 279 g/mol. The van der Waals surface area contributed by atoms with Crippen LogP contribution in [0.2, 0.25) is 0 Å². The van der Waals surface area contributed by atoms with Gasteiger partial charge >= 0.3 is 0 Å². The summed E-state index contributed by atoms with van der Waals surface area (Å²) in [5.41, 5.74) is 2.15. The van der Waals surface area contributed by atoms with Crippen LogP contribution >= 0.6 is 0 Å². The summed E-state index contributed by atoms with van der Waals surface area (Å²) in [6, 6.07) is 4.06. The minimum atomic E-state index is -0.0218. The van der Waals surface area contributed by atoms with Crippen LogP contribution in [0.4, 0.5) is 0 Å². The molecule has 1 heterocycles. The van der Waals surface area contributed by atoms with Crippen LogP contribution in [0.15, 0.2) is 18.3 Å². The van der Waals surface area contributed by atoms with Crippen molar-refractivity contribution in [1.82, 2.24) is 25.8 Å². The van der Waals surface area contributed by atoms with Gasteiger partial charge in [0.2, 0.25) is 5.91 Å². The summed E-state index contributed by atoms with van der Waals surface area (Å²) >= 11 is 0. The fourth-order valence-corrected chi connectivity index (χ4v) is 1.66. The first-order valence-electron chi connectivity index (χ1n) is 6.82. The second-order valence-corrected chi connectivity index (χ2v) is 4.91. The molecule has 6 heteroatoms. The van der Waals surface area contributed by atoms with Crippen molar-refractivity contribution in [3.63, 3.8) is 0 Å². The van der Waals surface area contributed by atoms with Crippen molar-refractivity contribution < 1.29 is 4.79 Å². The van der Waals surface area contributed by atoms with Crippen LogP contribution in [0.25, 0.3) is 0 Å². The van der Waals surface area contributed by atoms with E-state index in [2.05, 4.69) is 46.0 Å². The quantitative estimate of drug-likeness (QED) is 0.535. The van der Waals surface area contributed by atoms with E-state index in [9.17, 15) is 4.79 Å². The molecule has 0 aliphatic carbocycles. The average Bonchev–Trinajstić information content (AvgIpc) is 2.43. The molecule has 0 atom stereocenters. The number of aromatic nitrogens is 1. The van der Waals surface area contributed by atoms with Crippen LogP contribution in [-0.2, 0) is 17.9 Å². The molecule has 0 bridgehead atoms. The number of nitrogens with one attached hydrogen (secondary N) is 3. The van der Waals surface area contributed by atoms with Crippen LogP contribution in [0, 0.1) is 0 Å². The van der Waals surface area contributed by atoms with Crippen molar-refractivity contribution in [2.75, 3.05) is 40.8 Å². The molecule has 1 rings (SSSR count). The van der Waals surface area contributed by atoms with E-state index in [0.29, 0.717) is 13.1 Å². The minimum absolute atomic E-state index is 0.0218. The Hall–Kier alpha value is -1.50. The second kappa shape index (κ2) is 9.41. The smallest absolute Gasteiger partial charge is 0.233 e. The predicted molar refractivity (Wildman–Crippen MR) is 80.3 cm³/mol. The van der Waals surface area contributed by atoms with Gasteiger partial charge in [0.25, 0.3) is 0 Å². The lowest BCUT2D eigenvalue weighted by Gasteiger charge is -2.11. The normalized spacial score (nSPS) is 10.8. The molecule has 6 nitrogen and oxygen atoms in total. The number of carbonyl (C=O) groups excluding carboxylic acids is 1. The number of carbonyl (C=O) groups is 1. The molecule has 0 saturated carbocycles. The molecule has 1 amide bonds. The van der Waals surface area contributed by atoms with Crippen LogP contribution < -0.4 is 16.0 Å². The maximum Gasteiger partial charge on any atom is 0.233 e. The van der Waals surface area contributed by atoms with E-state index in [0.717, 1.165) is 25.3 Å². The third-order valence-electron chi connectivity index (χ3n) is 2.82. The lowest BCUT2D eigenvalue weighted by Crippen LogP contribution is -2.31. The van der Waals surface area contributed by atoms with E-state index >= 15 is 0 Å². The summed E-state index contributed by atoms with van der Waals surface area (Å²) < 4.78 is 0. The van der Waals surface area contributed by atoms with Gasteiger partial charge in [0, 0.05) is 39.4 Å². The first kappa shape index (κ1) is 16.6. The Kier molecular flexibility index (Phi) is 7.79. The Labute approximate surface area is 121 Å². The van der Waals surface area contributed by atoms with E-state index in [1.54, 1.807) is 13.2 Å². The number of pyridine rings is 1. The van der Waals surface area contributed by atoms with E-state index < -0.39 is 0 Å². The predicted octanol–water partition coefficient (Wildman–Crippen LogP) is -0.432. The summed E-state index contributed by atoms with van der Waals surface area (Å²) in [6.45, 7) is 3.71. The first-order chi connectivity index (χ1) is 9.61. The maximum absolute atomic E-state index is 11.1. The van der Waals surface area contributed by atoms with Gasteiger partial charge in [0.15, 0.2) is 0 Å². The van der Waals surface area contributed by atoms with E-state index in [1.165, 1.54) is 5.56 Å². The molecule has 1 aromatic rings. The van der Waals surface area contributed by atoms with Gasteiger partial charge in [-0.2, -0.15) is 0 Å². The van der Waals surface area contributed by atoms with Crippen LogP contribution in [0.3, 0.4) is 0 Å². The van der Waals surface area contributed by atoms with Gasteiger partial charge in [-0.05, 0) is 31.8 Å². The summed E-state index contributed by atoms with van der Waals surface area (Å²) in [6.07, 6.45) is 1.81. The molecular weight excluding hydrogens is 254 g/mol. The molecular formula is C14H25N5O. The molecule has 0 saturated heterocycles. The molecule has 0 unspecified atom stereocenters. The molecule has 0 aliphatic rings. The highest BCUT2D eigenvalue weighted by molar-refractivity contribution is 5.77. The lowest BCUT2D eigenvalue weighted by molar-refractivity contribution is -0.119. The SMILES string of the molecule is CNC(=O)CNCc1cc(CNCCN(C)C)ccn1. The van der Waals surface area contributed by atoms with Crippen LogP contribution in [-0.4, -0.2) is 56.6 Å². The highest BCUT2D eigenvalue weighted by Gasteiger charge is 2.00. The molecule has 0 aromatic carbocycles. The number of hydrogen-bond acceptors (Lipinski definition) is 5. The molecule has 0 spiro atoms. The summed E-state index contributed by atoms with van der Waals surface area (Å²) in [4.78, 5) is 17.5. The number of hydrogen-bond donors (Lipinski definition) is 3. The van der Waals surface area contributed by atoms with Crippen LogP contribution in [0.5, 0.6) is 0 Å². The van der Waals surface area contributed by atoms with E-state index in [4.69, 9.17) is 0 Å². The van der Waals surface area contributed by atoms with Gasteiger partial charge < -0.3 is 20.9 Å². The lowest BCUT2D eigenvalue weighted by atomic mass is 10.2. The van der Waals surface area contributed by atoms with Gasteiger partial charge in [-0.25, -0.2) is 0 Å². The van der Waals surface area contributed by atoms with Crippen molar-refractivity contribution in [2.45, 2.75) is 13.1 Å². The van der Waals surface area contributed by atoms with Gasteiger partial charge in [0.1, 0.15) is 0 Å². The van der Waals surface area contributed by atoms with Crippen molar-refractivity contribution in [1.29, 1.82) is 0 Å². The van der Waals surface area contributed by atoms with Crippen molar-refractivity contribution >= 4 is 5.91 Å². The minimum Gasteiger partial charge on any atom is -0.358 e. The summed E-state index contributed by atoms with van der Waals surface area (Å²) in [5, 5.41) is 9.02. The van der Waals surface area contributed by atoms with Crippen molar-refractivity contribution in [3.05, 3.63) is 29.6 Å². The Morgan fingerprint density at radius 2 is 2.10 bits per heavy atom. The Bertz CT molecular complexity index is 408. The Balaban J connectivity index is 2.31. The Morgan fingerprint density at radius 3 is 2.80 bits per heavy atom. The number of nitrogens with zero attached hydrogens (tertiary/aromatic N) is 2. The van der Waals surface area contributed by atoms with Crippen LogP contribution in [0.1, 0.15) is 11.3 Å². The zero-order valence-electron chi connectivity index (χ0n) is 12.6. The second-order valence-electron chi connectivity index (χ2n) is 4.91. The van der Waals surface area contributed by atoms with Crippen molar-refractivity contribution in [2.24, 2.45) is 0 Å². The molecule has 1 aromatic heterocycles. The third kappa shape index (κ3) is 7.18. The Morgan fingerprint density at radius 1 is 1.30 bits per heavy atom. The third-order valence-corrected chi connectivity index (χ3v) is 2.82. The van der Waals surface area contributed by atoms with Gasteiger partial charge in [-0.1, -0.05) is 0 Å². The maximum atomic E-state index is 11.1. The fraction of sp³-hybridized carbons (Fsp3) is 0.571. The first-order valence-corrected chi connectivity index (χ1v) is 6.82. The fourth-order valence-electron chi connectivity index (χ4n) is 1.66. The standard InChI is InChI=1S/C14H25N5O/c1-15-14(20)11-17-10-13-8-12(4-5-18-13)9-16-6-7-19(2)3/h4-5,8,16-17H,6-7,9-11H2,1-3H3,(H,15,20). The largest absolute Gasteiger partial charge is 0.358 e. The van der Waals surface area contributed by atoms with Gasteiger partial charge in [-0.3, -0.25) is 9.78 Å². The zero-order valence-corrected chi connectivity index (χ0v) is 12.6. The zero-order chi connectivity index (χ0) is 14.8. The molecule has 0 aliphatic heterocycles.